The van der Waals surface area contributed by atoms with E-state index in [-0.39, 0.29) is 0 Å². The molecule has 0 spiro atoms. The van der Waals surface area contributed by atoms with Gasteiger partial charge in [0.25, 0.3) is 0 Å². The van der Waals surface area contributed by atoms with Crippen LogP contribution in [0.15, 0.2) is 24.3 Å². The number of rotatable bonds is 3. The van der Waals surface area contributed by atoms with Gasteiger partial charge in [0.05, 0.1) is 0 Å². The van der Waals surface area contributed by atoms with Crippen LogP contribution in [-0.2, 0) is 6.54 Å². The van der Waals surface area contributed by atoms with Crippen molar-refractivity contribution in [2.45, 2.75) is 45.7 Å². The zero-order valence-electron chi connectivity index (χ0n) is 10.8. The average molecular weight is 233 g/mol. The van der Waals surface area contributed by atoms with Crippen LogP contribution < -0.4 is 5.32 Å². The Hall–Kier alpha value is -1.02. The Labute approximate surface area is 104 Å². The molecule has 0 heterocycles. The number of aromatic hydroxyl groups is 1. The molecular formula is C15H23NO. The third-order valence-corrected chi connectivity index (χ3v) is 4.19. The van der Waals surface area contributed by atoms with Crippen LogP contribution in [0.2, 0.25) is 0 Å². The van der Waals surface area contributed by atoms with E-state index < -0.39 is 0 Å². The number of hydrogen-bond donors (Lipinski definition) is 2. The highest BCUT2D eigenvalue weighted by atomic mass is 16.3. The minimum absolute atomic E-state index is 0.356. The fourth-order valence-electron chi connectivity index (χ4n) is 2.79. The van der Waals surface area contributed by atoms with E-state index in [4.69, 9.17) is 0 Å². The average Bonchev–Trinajstić information content (AvgIpc) is 2.31. The molecule has 1 aliphatic rings. The molecule has 3 unspecified atom stereocenters. The smallest absolute Gasteiger partial charge is 0.115 e. The van der Waals surface area contributed by atoms with Gasteiger partial charge in [-0.15, -0.1) is 0 Å². The Morgan fingerprint density at radius 1 is 1.29 bits per heavy atom. The number of phenolic OH excluding ortho intramolecular Hbond substituents is 1. The molecule has 0 radical (unpaired) electrons. The van der Waals surface area contributed by atoms with E-state index in [2.05, 4.69) is 25.2 Å². The number of nitrogens with one attached hydrogen (secondary N) is 1. The Morgan fingerprint density at radius 2 is 2.12 bits per heavy atom. The molecular weight excluding hydrogens is 210 g/mol. The fraction of sp³-hybridized carbons (Fsp3) is 0.600. The summed E-state index contributed by atoms with van der Waals surface area (Å²) < 4.78 is 0. The summed E-state index contributed by atoms with van der Waals surface area (Å²) in [6.45, 7) is 5.56. The van der Waals surface area contributed by atoms with Gasteiger partial charge in [-0.25, -0.2) is 0 Å². The zero-order chi connectivity index (χ0) is 12.3. The van der Waals surface area contributed by atoms with Crippen molar-refractivity contribution in [3.8, 4) is 5.75 Å². The predicted molar refractivity (Wildman–Crippen MR) is 70.9 cm³/mol. The normalized spacial score (nSPS) is 29.2. The van der Waals surface area contributed by atoms with Crippen LogP contribution in [0.1, 0.15) is 38.7 Å². The van der Waals surface area contributed by atoms with Crippen molar-refractivity contribution in [2.75, 3.05) is 0 Å². The summed E-state index contributed by atoms with van der Waals surface area (Å²) >= 11 is 0. The van der Waals surface area contributed by atoms with Crippen LogP contribution >= 0.6 is 0 Å². The monoisotopic (exact) mass is 233 g/mol. The molecule has 0 aromatic heterocycles. The highest BCUT2D eigenvalue weighted by molar-refractivity contribution is 5.26. The molecule has 2 rings (SSSR count). The van der Waals surface area contributed by atoms with Crippen molar-refractivity contribution in [3.05, 3.63) is 29.8 Å². The van der Waals surface area contributed by atoms with Crippen molar-refractivity contribution >= 4 is 0 Å². The molecule has 94 valence electrons. The Balaban J connectivity index is 1.89. The summed E-state index contributed by atoms with van der Waals surface area (Å²) in [5, 5.41) is 13.1. The first-order valence-corrected chi connectivity index (χ1v) is 6.68. The lowest BCUT2D eigenvalue weighted by atomic mass is 9.78. The molecule has 1 saturated carbocycles. The quantitative estimate of drug-likeness (QED) is 0.839. The van der Waals surface area contributed by atoms with Crippen LogP contribution in [-0.4, -0.2) is 11.1 Å². The van der Waals surface area contributed by atoms with Gasteiger partial charge >= 0.3 is 0 Å². The highest BCUT2D eigenvalue weighted by Crippen LogP contribution is 2.29. The Kier molecular flexibility index (Phi) is 4.06. The molecule has 1 aromatic carbocycles. The summed E-state index contributed by atoms with van der Waals surface area (Å²) in [6, 6.07) is 8.14. The van der Waals surface area contributed by atoms with Gasteiger partial charge in [0.15, 0.2) is 0 Å². The minimum Gasteiger partial charge on any atom is -0.508 e. The van der Waals surface area contributed by atoms with Gasteiger partial charge in [-0.2, -0.15) is 0 Å². The lowest BCUT2D eigenvalue weighted by Crippen LogP contribution is -2.40. The van der Waals surface area contributed by atoms with E-state index in [1.807, 2.05) is 12.1 Å². The molecule has 2 nitrogen and oxygen atoms in total. The highest BCUT2D eigenvalue weighted by Gasteiger charge is 2.26. The summed E-state index contributed by atoms with van der Waals surface area (Å²) in [6.07, 6.45) is 3.99. The molecule has 3 atom stereocenters. The maximum absolute atomic E-state index is 9.42. The molecule has 0 bridgehead atoms. The fourth-order valence-corrected chi connectivity index (χ4v) is 2.79. The van der Waals surface area contributed by atoms with Crippen molar-refractivity contribution in [3.63, 3.8) is 0 Å². The van der Waals surface area contributed by atoms with E-state index in [0.717, 1.165) is 23.9 Å². The molecule has 2 heteroatoms. The molecule has 0 saturated heterocycles. The maximum Gasteiger partial charge on any atom is 0.115 e. The molecule has 1 aliphatic carbocycles. The van der Waals surface area contributed by atoms with E-state index in [0.29, 0.717) is 11.8 Å². The van der Waals surface area contributed by atoms with Crippen LogP contribution in [0.3, 0.4) is 0 Å². The Morgan fingerprint density at radius 3 is 2.88 bits per heavy atom. The van der Waals surface area contributed by atoms with Crippen LogP contribution in [0.4, 0.5) is 0 Å². The minimum atomic E-state index is 0.356. The Bertz CT molecular complexity index is 364. The lowest BCUT2D eigenvalue weighted by Gasteiger charge is -2.34. The zero-order valence-corrected chi connectivity index (χ0v) is 10.8. The number of benzene rings is 1. The SMILES string of the molecule is CC1CCCC(NCc2cccc(O)c2)C1C. The second kappa shape index (κ2) is 5.54. The van der Waals surface area contributed by atoms with Crippen molar-refractivity contribution < 1.29 is 5.11 Å². The standard InChI is InChI=1S/C15H23NO/c1-11-5-3-8-15(12(11)2)16-10-13-6-4-7-14(17)9-13/h4,6-7,9,11-12,15-17H,3,5,8,10H2,1-2H3. The first-order valence-electron chi connectivity index (χ1n) is 6.68. The second-order valence-corrected chi connectivity index (χ2v) is 5.42. The van der Waals surface area contributed by atoms with Gasteiger partial charge in [0.1, 0.15) is 5.75 Å². The van der Waals surface area contributed by atoms with Gasteiger partial charge in [-0.05, 0) is 36.0 Å². The molecule has 0 aliphatic heterocycles. The molecule has 17 heavy (non-hydrogen) atoms. The molecule has 2 N–H and O–H groups in total. The van der Waals surface area contributed by atoms with Gasteiger partial charge in [-0.3, -0.25) is 0 Å². The van der Waals surface area contributed by atoms with E-state index in [1.165, 1.54) is 19.3 Å². The molecule has 0 amide bonds. The van der Waals surface area contributed by atoms with Crippen molar-refractivity contribution in [1.82, 2.24) is 5.32 Å². The first kappa shape index (κ1) is 12.4. The van der Waals surface area contributed by atoms with E-state index >= 15 is 0 Å². The van der Waals surface area contributed by atoms with Crippen LogP contribution in [0.25, 0.3) is 0 Å². The predicted octanol–water partition coefficient (Wildman–Crippen LogP) is 3.31. The van der Waals surface area contributed by atoms with E-state index in [9.17, 15) is 5.11 Å². The topological polar surface area (TPSA) is 32.3 Å². The summed E-state index contributed by atoms with van der Waals surface area (Å²) in [5.41, 5.74) is 1.16. The number of hydrogen-bond acceptors (Lipinski definition) is 2. The van der Waals surface area contributed by atoms with Crippen LogP contribution in [0, 0.1) is 11.8 Å². The second-order valence-electron chi connectivity index (χ2n) is 5.42. The van der Waals surface area contributed by atoms with Gasteiger partial charge in [-0.1, -0.05) is 38.8 Å². The third kappa shape index (κ3) is 3.22. The molecule has 1 fully saturated rings. The van der Waals surface area contributed by atoms with Crippen molar-refractivity contribution in [2.24, 2.45) is 11.8 Å². The molecule has 1 aromatic rings. The number of phenols is 1. The van der Waals surface area contributed by atoms with Gasteiger partial charge < -0.3 is 10.4 Å². The van der Waals surface area contributed by atoms with E-state index in [1.54, 1.807) is 6.07 Å². The third-order valence-electron chi connectivity index (χ3n) is 4.19. The maximum atomic E-state index is 9.42. The van der Waals surface area contributed by atoms with Gasteiger partial charge in [0, 0.05) is 12.6 Å². The largest absolute Gasteiger partial charge is 0.508 e. The summed E-state index contributed by atoms with van der Waals surface area (Å²) in [7, 11) is 0. The summed E-state index contributed by atoms with van der Waals surface area (Å²) in [5.74, 6) is 1.93. The van der Waals surface area contributed by atoms with Crippen LogP contribution in [0.5, 0.6) is 5.75 Å². The first-order chi connectivity index (χ1) is 8.16. The van der Waals surface area contributed by atoms with Gasteiger partial charge in [0.2, 0.25) is 0 Å². The summed E-state index contributed by atoms with van der Waals surface area (Å²) in [4.78, 5) is 0. The lowest BCUT2D eigenvalue weighted by molar-refractivity contribution is 0.206. The van der Waals surface area contributed by atoms with Crippen molar-refractivity contribution in [1.29, 1.82) is 0 Å².